The van der Waals surface area contributed by atoms with Crippen LogP contribution in [-0.4, -0.2) is 29.3 Å². The molecule has 1 N–H and O–H groups in total. The summed E-state index contributed by atoms with van der Waals surface area (Å²) in [5.74, 6) is -2.33. The summed E-state index contributed by atoms with van der Waals surface area (Å²) in [5.41, 5.74) is 0. The van der Waals surface area contributed by atoms with Crippen molar-refractivity contribution < 1.29 is 32.6 Å². The number of hydrogen-bond acceptors (Lipinski definition) is 3. The topological polar surface area (TPSA) is 63.6 Å². The van der Waals surface area contributed by atoms with E-state index >= 15 is 0 Å². The quantitative estimate of drug-likeness (QED) is 0.399. The second kappa shape index (κ2) is 8.98. The highest BCUT2D eigenvalue weighted by atomic mass is 127. The molecule has 0 aromatic carbocycles. The predicted octanol–water partition coefficient (Wildman–Crippen LogP) is 3.61. The number of allylic oxidation sites excluding steroid dienone is 1. The van der Waals surface area contributed by atoms with Crippen molar-refractivity contribution in [1.82, 2.24) is 0 Å². The molecule has 0 aromatic heterocycles. The van der Waals surface area contributed by atoms with Gasteiger partial charge in [-0.2, -0.15) is 13.2 Å². The molecular formula is C12H14F3IO4. The molecule has 0 aliphatic rings. The summed E-state index contributed by atoms with van der Waals surface area (Å²) >= 11 is 1.13. The Kier molecular flexibility index (Phi) is 8.51. The number of hydrogen-bond donors (Lipinski definition) is 1. The van der Waals surface area contributed by atoms with Gasteiger partial charge in [-0.15, -0.1) is 0 Å². The summed E-state index contributed by atoms with van der Waals surface area (Å²) < 4.78 is 41.2. The average molecular weight is 406 g/mol. The van der Waals surface area contributed by atoms with Gasteiger partial charge in [0.25, 0.3) is 0 Å². The van der Waals surface area contributed by atoms with Crippen molar-refractivity contribution >= 4 is 34.5 Å². The predicted molar refractivity (Wildman–Crippen MR) is 74.3 cm³/mol. The number of rotatable bonds is 7. The van der Waals surface area contributed by atoms with Gasteiger partial charge in [0.15, 0.2) is 0 Å². The fourth-order valence-electron chi connectivity index (χ4n) is 1.17. The molecule has 0 aliphatic heterocycles. The first kappa shape index (κ1) is 18.9. The van der Waals surface area contributed by atoms with E-state index in [9.17, 15) is 22.8 Å². The lowest BCUT2D eigenvalue weighted by molar-refractivity contribution is -0.142. The number of esters is 1. The number of unbranched alkanes of at least 4 members (excludes halogenated alkanes) is 1. The molecule has 0 bridgehead atoms. The van der Waals surface area contributed by atoms with Crippen LogP contribution >= 0.6 is 22.6 Å². The molecule has 0 aliphatic carbocycles. The van der Waals surface area contributed by atoms with Gasteiger partial charge in [-0.25, -0.2) is 9.59 Å². The summed E-state index contributed by atoms with van der Waals surface area (Å²) in [6.07, 6.45) is -1.92. The molecule has 0 radical (unpaired) electrons. The molecule has 0 amide bonds. The van der Waals surface area contributed by atoms with E-state index in [1.807, 2.05) is 6.92 Å². The number of carboxylic acid groups (broad SMARTS) is 1. The Morgan fingerprint density at radius 1 is 1.35 bits per heavy atom. The molecule has 0 saturated carbocycles. The fraction of sp³-hybridized carbons (Fsp3) is 0.500. The third-order valence-corrected chi connectivity index (χ3v) is 3.05. The van der Waals surface area contributed by atoms with E-state index in [2.05, 4.69) is 0 Å². The van der Waals surface area contributed by atoms with Crippen LogP contribution in [0.25, 0.3) is 0 Å². The third-order valence-electron chi connectivity index (χ3n) is 2.07. The van der Waals surface area contributed by atoms with Crippen molar-refractivity contribution in [2.45, 2.75) is 38.5 Å². The number of carbonyl (C=O) groups excluding carboxylic acids is 1. The Balaban J connectivity index is 4.81. The first-order valence-electron chi connectivity index (χ1n) is 5.73. The molecule has 1 unspecified atom stereocenters. The van der Waals surface area contributed by atoms with Crippen molar-refractivity contribution in [1.29, 1.82) is 0 Å². The zero-order valence-electron chi connectivity index (χ0n) is 10.6. The minimum atomic E-state index is -4.49. The molecule has 0 fully saturated rings. The lowest BCUT2D eigenvalue weighted by Crippen LogP contribution is -2.17. The van der Waals surface area contributed by atoms with Crippen LogP contribution in [-0.2, 0) is 14.3 Å². The van der Waals surface area contributed by atoms with Gasteiger partial charge in [-0.3, -0.25) is 0 Å². The number of aliphatic carboxylic acids is 1. The summed E-state index contributed by atoms with van der Waals surface area (Å²) in [6, 6.07) is 0. The Labute approximate surface area is 127 Å². The molecule has 0 heterocycles. The van der Waals surface area contributed by atoms with Gasteiger partial charge in [0, 0.05) is 12.2 Å². The highest BCUT2D eigenvalue weighted by molar-refractivity contribution is 14.1. The number of carboxylic acids is 1. The van der Waals surface area contributed by atoms with Gasteiger partial charge < -0.3 is 9.84 Å². The van der Waals surface area contributed by atoms with Gasteiger partial charge in [0.1, 0.15) is 6.10 Å². The summed E-state index contributed by atoms with van der Waals surface area (Å²) in [4.78, 5) is 21.5. The van der Waals surface area contributed by atoms with Gasteiger partial charge >= 0.3 is 18.1 Å². The van der Waals surface area contributed by atoms with E-state index in [4.69, 9.17) is 9.84 Å². The van der Waals surface area contributed by atoms with Crippen LogP contribution in [0, 0.1) is 0 Å². The smallest absolute Gasteiger partial charge is 0.421 e. The standard InChI is InChI=1S/C12H14F3IO4/c1-2-3-4-8(7-9(16)12(13,14)15)20-11(19)6-5-10(17)18/h5-8H,2-4H2,1H3,(H,17,18)/b6-5-,9-7-. The molecule has 20 heavy (non-hydrogen) atoms. The molecule has 1 atom stereocenters. The van der Waals surface area contributed by atoms with E-state index in [1.54, 1.807) is 0 Å². The maximum Gasteiger partial charge on any atom is 0.421 e. The maximum atomic E-state index is 12.4. The molecule has 0 saturated heterocycles. The molecule has 0 aromatic rings. The van der Waals surface area contributed by atoms with Crippen molar-refractivity contribution in [2.24, 2.45) is 0 Å². The highest BCUT2D eigenvalue weighted by Gasteiger charge is 2.32. The van der Waals surface area contributed by atoms with Crippen LogP contribution < -0.4 is 0 Å². The summed E-state index contributed by atoms with van der Waals surface area (Å²) in [6.45, 7) is 1.85. The second-order valence-electron chi connectivity index (χ2n) is 3.80. The Morgan fingerprint density at radius 3 is 2.40 bits per heavy atom. The average Bonchev–Trinajstić information content (AvgIpc) is 2.32. The van der Waals surface area contributed by atoms with E-state index in [0.717, 1.165) is 35.1 Å². The summed E-state index contributed by atoms with van der Waals surface area (Å²) in [7, 11) is 0. The normalized spacial score (nSPS) is 14.3. The van der Waals surface area contributed by atoms with Gasteiger partial charge in [-0.05, 0) is 41.5 Å². The van der Waals surface area contributed by atoms with Gasteiger partial charge in [-0.1, -0.05) is 13.3 Å². The van der Waals surface area contributed by atoms with Gasteiger partial charge in [0.05, 0.1) is 3.58 Å². The van der Waals surface area contributed by atoms with Crippen molar-refractivity contribution in [3.05, 3.63) is 21.8 Å². The second-order valence-corrected chi connectivity index (χ2v) is 4.96. The molecule has 4 nitrogen and oxygen atoms in total. The zero-order chi connectivity index (χ0) is 15.8. The van der Waals surface area contributed by atoms with Crippen molar-refractivity contribution in [2.75, 3.05) is 0 Å². The first-order valence-corrected chi connectivity index (χ1v) is 6.80. The van der Waals surface area contributed by atoms with Crippen LogP contribution in [0.15, 0.2) is 21.8 Å². The minimum absolute atomic E-state index is 0.242. The van der Waals surface area contributed by atoms with Crippen molar-refractivity contribution in [3.8, 4) is 0 Å². The maximum absolute atomic E-state index is 12.4. The van der Waals surface area contributed by atoms with Crippen LogP contribution in [0.4, 0.5) is 13.2 Å². The Hall–Kier alpha value is -1.06. The Morgan fingerprint density at radius 2 is 1.95 bits per heavy atom. The fourth-order valence-corrected chi connectivity index (χ4v) is 1.57. The van der Waals surface area contributed by atoms with E-state index < -0.39 is 27.8 Å². The van der Waals surface area contributed by atoms with Crippen LogP contribution in [0.1, 0.15) is 26.2 Å². The minimum Gasteiger partial charge on any atom is -0.478 e. The van der Waals surface area contributed by atoms with Crippen LogP contribution in [0.5, 0.6) is 0 Å². The Bertz CT molecular complexity index is 402. The number of halogens is 4. The zero-order valence-corrected chi connectivity index (χ0v) is 12.8. The highest BCUT2D eigenvalue weighted by Crippen LogP contribution is 2.31. The van der Waals surface area contributed by atoms with E-state index in [1.165, 1.54) is 0 Å². The SMILES string of the molecule is CCCCC(/C=C(\I)C(F)(F)F)OC(=O)/C=C\C(=O)O. The monoisotopic (exact) mass is 406 g/mol. The van der Waals surface area contributed by atoms with Crippen LogP contribution in [0.2, 0.25) is 0 Å². The summed E-state index contributed by atoms with van der Waals surface area (Å²) in [5, 5.41) is 8.33. The van der Waals surface area contributed by atoms with Crippen molar-refractivity contribution in [3.63, 3.8) is 0 Å². The number of ether oxygens (including phenoxy) is 1. The third kappa shape index (κ3) is 8.94. The lowest BCUT2D eigenvalue weighted by atomic mass is 10.1. The van der Waals surface area contributed by atoms with E-state index in [0.29, 0.717) is 18.6 Å². The number of carbonyl (C=O) groups is 2. The largest absolute Gasteiger partial charge is 0.478 e. The molecular weight excluding hydrogens is 392 g/mol. The van der Waals surface area contributed by atoms with Crippen LogP contribution in [0.3, 0.4) is 0 Å². The molecule has 0 rings (SSSR count). The lowest BCUT2D eigenvalue weighted by Gasteiger charge is -2.14. The first-order chi connectivity index (χ1) is 9.16. The van der Waals surface area contributed by atoms with Gasteiger partial charge in [0.2, 0.25) is 0 Å². The number of alkyl halides is 3. The molecule has 8 heteroatoms. The molecule has 114 valence electrons. The molecule has 0 spiro atoms. The van der Waals surface area contributed by atoms with E-state index in [-0.39, 0.29) is 6.42 Å².